The summed E-state index contributed by atoms with van der Waals surface area (Å²) in [7, 11) is 0. The van der Waals surface area contributed by atoms with Gasteiger partial charge in [-0.3, -0.25) is 0 Å². The normalized spacial score (nSPS) is 11.0. The molecule has 13 heavy (non-hydrogen) atoms. The molecule has 0 aliphatic rings. The van der Waals surface area contributed by atoms with E-state index in [1.165, 1.54) is 16.6 Å². The summed E-state index contributed by atoms with van der Waals surface area (Å²) in [6.45, 7) is 4.28. The van der Waals surface area contributed by atoms with Crippen LogP contribution in [0.4, 0.5) is 5.69 Å². The molecular formula is C11H14N2. The van der Waals surface area contributed by atoms with Crippen LogP contribution in [0.25, 0.3) is 10.9 Å². The molecule has 2 N–H and O–H groups in total. The van der Waals surface area contributed by atoms with Gasteiger partial charge < -0.3 is 10.3 Å². The first-order valence-corrected chi connectivity index (χ1v) is 4.59. The molecule has 0 radical (unpaired) electrons. The molecule has 0 spiro atoms. The Labute approximate surface area is 78.0 Å². The van der Waals surface area contributed by atoms with E-state index in [1.807, 2.05) is 6.20 Å². The third kappa shape index (κ3) is 1.66. The minimum Gasteiger partial charge on any atom is -0.383 e. The van der Waals surface area contributed by atoms with Crippen molar-refractivity contribution in [2.75, 3.05) is 5.32 Å². The van der Waals surface area contributed by atoms with Crippen LogP contribution in [0, 0.1) is 0 Å². The zero-order valence-corrected chi connectivity index (χ0v) is 7.96. The van der Waals surface area contributed by atoms with Crippen LogP contribution in [0.2, 0.25) is 0 Å². The van der Waals surface area contributed by atoms with Crippen LogP contribution in [0.3, 0.4) is 0 Å². The second-order valence-electron chi connectivity index (χ2n) is 3.58. The van der Waals surface area contributed by atoms with E-state index in [0.29, 0.717) is 6.04 Å². The summed E-state index contributed by atoms with van der Waals surface area (Å²) in [6.07, 6.45) is 1.96. The number of hydrogen-bond donors (Lipinski definition) is 2. The van der Waals surface area contributed by atoms with E-state index in [4.69, 9.17) is 0 Å². The lowest BCUT2D eigenvalue weighted by Crippen LogP contribution is -2.09. The molecule has 1 aromatic heterocycles. The minimum atomic E-state index is 0.483. The molecule has 0 bridgehead atoms. The van der Waals surface area contributed by atoms with E-state index < -0.39 is 0 Å². The molecule has 2 heteroatoms. The van der Waals surface area contributed by atoms with Gasteiger partial charge in [0.2, 0.25) is 0 Å². The number of fused-ring (bicyclic) bond motifs is 1. The second-order valence-corrected chi connectivity index (χ2v) is 3.58. The second kappa shape index (κ2) is 3.13. The molecule has 2 rings (SSSR count). The first-order chi connectivity index (χ1) is 6.25. The van der Waals surface area contributed by atoms with Gasteiger partial charge in [0.25, 0.3) is 0 Å². The van der Waals surface area contributed by atoms with E-state index in [2.05, 4.69) is 48.4 Å². The lowest BCUT2D eigenvalue weighted by molar-refractivity contribution is 0.900. The molecule has 2 aromatic rings. The zero-order chi connectivity index (χ0) is 9.26. The van der Waals surface area contributed by atoms with Crippen LogP contribution in [-0.2, 0) is 0 Å². The number of hydrogen-bond acceptors (Lipinski definition) is 1. The van der Waals surface area contributed by atoms with Gasteiger partial charge in [0.05, 0.1) is 0 Å². The van der Waals surface area contributed by atoms with Crippen molar-refractivity contribution < 1.29 is 0 Å². The summed E-state index contributed by atoms with van der Waals surface area (Å²) < 4.78 is 0. The largest absolute Gasteiger partial charge is 0.383 e. The van der Waals surface area contributed by atoms with Crippen molar-refractivity contribution in [2.24, 2.45) is 0 Å². The quantitative estimate of drug-likeness (QED) is 0.719. The summed E-state index contributed by atoms with van der Waals surface area (Å²) in [4.78, 5) is 3.17. The average molecular weight is 174 g/mol. The first-order valence-electron chi connectivity index (χ1n) is 4.59. The highest BCUT2D eigenvalue weighted by molar-refractivity contribution is 5.82. The molecule has 1 aromatic carbocycles. The highest BCUT2D eigenvalue weighted by Crippen LogP contribution is 2.18. The smallest absolute Gasteiger partial charge is 0.0455 e. The van der Waals surface area contributed by atoms with Crippen molar-refractivity contribution in [1.82, 2.24) is 4.98 Å². The van der Waals surface area contributed by atoms with Gasteiger partial charge in [0.1, 0.15) is 0 Å². The average Bonchev–Trinajstić information content (AvgIpc) is 2.49. The Morgan fingerprint density at radius 3 is 2.85 bits per heavy atom. The Kier molecular flexibility index (Phi) is 1.97. The Balaban J connectivity index is 2.37. The third-order valence-electron chi connectivity index (χ3n) is 2.01. The van der Waals surface area contributed by atoms with E-state index >= 15 is 0 Å². The molecular weight excluding hydrogens is 160 g/mol. The fourth-order valence-electron chi connectivity index (χ4n) is 1.48. The van der Waals surface area contributed by atoms with Crippen molar-refractivity contribution in [1.29, 1.82) is 0 Å². The van der Waals surface area contributed by atoms with E-state index in [-0.39, 0.29) is 0 Å². The zero-order valence-electron chi connectivity index (χ0n) is 7.96. The van der Waals surface area contributed by atoms with Gasteiger partial charge >= 0.3 is 0 Å². The van der Waals surface area contributed by atoms with Gasteiger partial charge in [0.15, 0.2) is 0 Å². The molecule has 2 nitrogen and oxygen atoms in total. The van der Waals surface area contributed by atoms with Crippen LogP contribution >= 0.6 is 0 Å². The SMILES string of the molecule is CC(C)Nc1ccc2[nH]ccc2c1. The summed E-state index contributed by atoms with van der Waals surface area (Å²) in [6, 6.07) is 8.92. The monoisotopic (exact) mass is 174 g/mol. The molecule has 0 fully saturated rings. The minimum absolute atomic E-state index is 0.483. The molecule has 0 unspecified atom stereocenters. The number of nitrogens with one attached hydrogen (secondary N) is 2. The topological polar surface area (TPSA) is 27.8 Å². The standard InChI is InChI=1S/C11H14N2/c1-8(2)13-10-3-4-11-9(7-10)5-6-12-11/h3-8,12-13H,1-2H3. The highest BCUT2D eigenvalue weighted by atomic mass is 14.9. The number of rotatable bonds is 2. The van der Waals surface area contributed by atoms with Crippen molar-refractivity contribution in [2.45, 2.75) is 19.9 Å². The first kappa shape index (κ1) is 8.17. The van der Waals surface area contributed by atoms with Gasteiger partial charge in [-0.25, -0.2) is 0 Å². The number of anilines is 1. The maximum absolute atomic E-state index is 3.37. The Bertz CT molecular complexity index is 401. The van der Waals surface area contributed by atoms with Crippen LogP contribution < -0.4 is 5.32 Å². The number of benzene rings is 1. The lowest BCUT2D eigenvalue weighted by Gasteiger charge is -2.09. The third-order valence-corrected chi connectivity index (χ3v) is 2.01. The maximum atomic E-state index is 3.37. The molecule has 0 amide bonds. The summed E-state index contributed by atoms with van der Waals surface area (Å²) in [5, 5.41) is 4.63. The van der Waals surface area contributed by atoms with Gasteiger partial charge in [-0.05, 0) is 38.1 Å². The number of aromatic amines is 1. The van der Waals surface area contributed by atoms with Gasteiger partial charge in [-0.1, -0.05) is 0 Å². The van der Waals surface area contributed by atoms with E-state index in [1.54, 1.807) is 0 Å². The molecule has 0 saturated heterocycles. The predicted octanol–water partition coefficient (Wildman–Crippen LogP) is 2.99. The van der Waals surface area contributed by atoms with Gasteiger partial charge in [0, 0.05) is 28.8 Å². The van der Waals surface area contributed by atoms with Crippen molar-refractivity contribution in [3.8, 4) is 0 Å². The lowest BCUT2D eigenvalue weighted by atomic mass is 10.2. The Hall–Kier alpha value is -1.44. The summed E-state index contributed by atoms with van der Waals surface area (Å²) >= 11 is 0. The molecule has 0 atom stereocenters. The van der Waals surface area contributed by atoms with Crippen LogP contribution in [0.15, 0.2) is 30.5 Å². The number of H-pyrrole nitrogens is 1. The van der Waals surface area contributed by atoms with Crippen molar-refractivity contribution in [3.63, 3.8) is 0 Å². The summed E-state index contributed by atoms with van der Waals surface area (Å²) in [5.74, 6) is 0. The fraction of sp³-hybridized carbons (Fsp3) is 0.273. The van der Waals surface area contributed by atoms with Gasteiger partial charge in [-0.15, -0.1) is 0 Å². The van der Waals surface area contributed by atoms with Crippen molar-refractivity contribution >= 4 is 16.6 Å². The molecule has 0 aliphatic heterocycles. The van der Waals surface area contributed by atoms with E-state index in [0.717, 1.165) is 0 Å². The van der Waals surface area contributed by atoms with E-state index in [9.17, 15) is 0 Å². The van der Waals surface area contributed by atoms with Crippen molar-refractivity contribution in [3.05, 3.63) is 30.5 Å². The van der Waals surface area contributed by atoms with Crippen LogP contribution in [0.1, 0.15) is 13.8 Å². The molecule has 1 heterocycles. The van der Waals surface area contributed by atoms with Crippen LogP contribution in [-0.4, -0.2) is 11.0 Å². The fourth-order valence-corrected chi connectivity index (χ4v) is 1.48. The molecule has 68 valence electrons. The number of aromatic nitrogens is 1. The summed E-state index contributed by atoms with van der Waals surface area (Å²) in [5.41, 5.74) is 2.37. The Morgan fingerprint density at radius 1 is 1.23 bits per heavy atom. The molecule has 0 saturated carbocycles. The van der Waals surface area contributed by atoms with Gasteiger partial charge in [-0.2, -0.15) is 0 Å². The molecule has 0 aliphatic carbocycles. The predicted molar refractivity (Wildman–Crippen MR) is 57.1 cm³/mol. The maximum Gasteiger partial charge on any atom is 0.0455 e. The van der Waals surface area contributed by atoms with Crippen LogP contribution in [0.5, 0.6) is 0 Å². The Morgan fingerprint density at radius 2 is 2.08 bits per heavy atom. The highest BCUT2D eigenvalue weighted by Gasteiger charge is 1.97.